The molecule has 6 heteroatoms. The molecule has 0 atom stereocenters. The molecule has 2 heterocycles. The molecule has 2 amide bonds. The minimum Gasteiger partial charge on any atom is -0.355 e. The van der Waals surface area contributed by atoms with E-state index in [1.165, 1.54) is 10.8 Å². The maximum Gasteiger partial charge on any atom is 0.315 e. The number of H-pyrrole nitrogens is 1. The number of nitrogens with zero attached hydrogens (tertiary/aromatic N) is 2. The number of aromatic nitrogens is 2. The first-order valence-electron chi connectivity index (χ1n) is 9.47. The quantitative estimate of drug-likeness (QED) is 0.666. The number of aryl methyl sites for hydroxylation is 1. The lowest BCUT2D eigenvalue weighted by atomic mass is 10.0. The molecule has 4 rings (SSSR count). The Balaban J connectivity index is 1.27. The maximum absolute atomic E-state index is 12.3. The highest BCUT2D eigenvalue weighted by molar-refractivity contribution is 5.86. The lowest BCUT2D eigenvalue weighted by Gasteiger charge is -2.32. The summed E-state index contributed by atoms with van der Waals surface area (Å²) in [5.74, 6) is 0.992. The lowest BCUT2D eigenvalue weighted by molar-refractivity contribution is 0.234. The molecule has 3 N–H and O–H groups in total. The van der Waals surface area contributed by atoms with Crippen molar-refractivity contribution in [3.63, 3.8) is 0 Å². The Morgan fingerprint density at radius 2 is 1.96 bits per heavy atom. The summed E-state index contributed by atoms with van der Waals surface area (Å²) in [6, 6.07) is 16.6. The molecule has 2 aromatic carbocycles. The average molecular weight is 363 g/mol. The monoisotopic (exact) mass is 363 g/mol. The first kappa shape index (κ1) is 17.4. The van der Waals surface area contributed by atoms with Gasteiger partial charge in [-0.3, -0.25) is 5.10 Å². The predicted molar refractivity (Wildman–Crippen MR) is 108 cm³/mol. The second-order valence-electron chi connectivity index (χ2n) is 7.14. The van der Waals surface area contributed by atoms with Crippen molar-refractivity contribution in [1.82, 2.24) is 20.8 Å². The molecule has 1 fully saturated rings. The van der Waals surface area contributed by atoms with Crippen LogP contribution in [0.5, 0.6) is 0 Å². The van der Waals surface area contributed by atoms with Gasteiger partial charge >= 0.3 is 6.03 Å². The van der Waals surface area contributed by atoms with Gasteiger partial charge in [0.15, 0.2) is 5.82 Å². The van der Waals surface area contributed by atoms with Crippen molar-refractivity contribution in [2.45, 2.75) is 32.4 Å². The molecular formula is C21H25N5O. The second-order valence-corrected chi connectivity index (χ2v) is 7.14. The first-order valence-corrected chi connectivity index (χ1v) is 9.47. The number of fused-ring (bicyclic) bond motifs is 1. The number of anilines is 1. The molecule has 0 spiro atoms. The van der Waals surface area contributed by atoms with Crippen LogP contribution in [0.4, 0.5) is 10.6 Å². The zero-order valence-corrected chi connectivity index (χ0v) is 15.5. The van der Waals surface area contributed by atoms with E-state index in [0.717, 1.165) is 43.0 Å². The summed E-state index contributed by atoms with van der Waals surface area (Å²) in [6.07, 6.45) is 1.85. The van der Waals surface area contributed by atoms with Crippen LogP contribution in [0.15, 0.2) is 48.5 Å². The number of aromatic amines is 1. The van der Waals surface area contributed by atoms with Crippen molar-refractivity contribution in [2.24, 2.45) is 0 Å². The Hall–Kier alpha value is -3.02. The number of carbonyl (C=O) groups excluding carboxylic acids is 1. The van der Waals surface area contributed by atoms with Gasteiger partial charge in [-0.25, -0.2) is 4.79 Å². The van der Waals surface area contributed by atoms with Crippen LogP contribution in [-0.4, -0.2) is 35.4 Å². The number of urea groups is 1. The number of hydrogen-bond donors (Lipinski definition) is 3. The summed E-state index contributed by atoms with van der Waals surface area (Å²) in [5, 5.41) is 15.8. The molecule has 1 aliphatic heterocycles. The Labute approximate surface area is 159 Å². The van der Waals surface area contributed by atoms with E-state index in [0.29, 0.717) is 6.54 Å². The van der Waals surface area contributed by atoms with Crippen molar-refractivity contribution < 1.29 is 4.79 Å². The van der Waals surface area contributed by atoms with Crippen molar-refractivity contribution in [2.75, 3.05) is 18.0 Å². The number of amides is 2. The summed E-state index contributed by atoms with van der Waals surface area (Å²) in [4.78, 5) is 14.6. The predicted octanol–water partition coefficient (Wildman–Crippen LogP) is 3.34. The standard InChI is InChI=1S/C21H25N5O/c1-15-13-20(25-24-15)26-11-9-18(10-12-26)23-21(27)22-14-17-7-4-6-16-5-2-3-8-19(16)17/h2-8,13,18H,9-12,14H2,1H3,(H,24,25)(H2,22,23,27). The number of nitrogens with one attached hydrogen (secondary N) is 3. The van der Waals surface area contributed by atoms with E-state index in [9.17, 15) is 4.79 Å². The van der Waals surface area contributed by atoms with Crippen LogP contribution in [0.25, 0.3) is 10.8 Å². The highest BCUT2D eigenvalue weighted by Gasteiger charge is 2.22. The molecule has 3 aromatic rings. The van der Waals surface area contributed by atoms with E-state index in [1.54, 1.807) is 0 Å². The normalized spacial score (nSPS) is 15.1. The Bertz CT molecular complexity index is 922. The van der Waals surface area contributed by atoms with Crippen LogP contribution in [0.1, 0.15) is 24.1 Å². The number of piperidine rings is 1. The highest BCUT2D eigenvalue weighted by atomic mass is 16.2. The van der Waals surface area contributed by atoms with Crippen molar-refractivity contribution in [3.8, 4) is 0 Å². The molecule has 0 bridgehead atoms. The highest BCUT2D eigenvalue weighted by Crippen LogP contribution is 2.19. The van der Waals surface area contributed by atoms with E-state index in [1.807, 2.05) is 25.1 Å². The van der Waals surface area contributed by atoms with Gasteiger partial charge in [-0.1, -0.05) is 42.5 Å². The SMILES string of the molecule is Cc1cc(N2CCC(NC(=O)NCc3cccc4ccccc34)CC2)n[nH]1. The fraction of sp³-hybridized carbons (Fsp3) is 0.333. The molecule has 1 aromatic heterocycles. The van der Waals surface area contributed by atoms with Crippen molar-refractivity contribution >= 4 is 22.6 Å². The third kappa shape index (κ3) is 4.05. The summed E-state index contributed by atoms with van der Waals surface area (Å²) in [7, 11) is 0. The maximum atomic E-state index is 12.3. The Kier molecular flexibility index (Phi) is 4.96. The average Bonchev–Trinajstić information content (AvgIpc) is 3.13. The summed E-state index contributed by atoms with van der Waals surface area (Å²) in [5.41, 5.74) is 2.20. The van der Waals surface area contributed by atoms with Crippen molar-refractivity contribution in [3.05, 3.63) is 59.8 Å². The van der Waals surface area contributed by atoms with E-state index >= 15 is 0 Å². The Morgan fingerprint density at radius 3 is 2.74 bits per heavy atom. The minimum atomic E-state index is -0.100. The topological polar surface area (TPSA) is 73.1 Å². The number of carbonyl (C=O) groups is 1. The molecular weight excluding hydrogens is 338 g/mol. The number of benzene rings is 2. The third-order valence-electron chi connectivity index (χ3n) is 5.17. The van der Waals surface area contributed by atoms with Crippen LogP contribution >= 0.6 is 0 Å². The third-order valence-corrected chi connectivity index (χ3v) is 5.17. The van der Waals surface area contributed by atoms with Gasteiger partial charge in [0.1, 0.15) is 0 Å². The largest absolute Gasteiger partial charge is 0.355 e. The van der Waals surface area contributed by atoms with E-state index in [4.69, 9.17) is 0 Å². The van der Waals surface area contributed by atoms with Crippen LogP contribution in [0.2, 0.25) is 0 Å². The van der Waals surface area contributed by atoms with Gasteiger partial charge in [-0.2, -0.15) is 5.10 Å². The van der Waals surface area contributed by atoms with Crippen LogP contribution in [0, 0.1) is 6.92 Å². The number of hydrogen-bond acceptors (Lipinski definition) is 3. The van der Waals surface area contributed by atoms with Gasteiger partial charge in [0.05, 0.1) is 0 Å². The van der Waals surface area contributed by atoms with E-state index in [2.05, 4.69) is 56.1 Å². The number of rotatable bonds is 4. The van der Waals surface area contributed by atoms with Gasteiger partial charge < -0.3 is 15.5 Å². The molecule has 0 unspecified atom stereocenters. The summed E-state index contributed by atoms with van der Waals surface area (Å²) >= 11 is 0. The van der Waals surface area contributed by atoms with Gasteiger partial charge in [-0.05, 0) is 36.1 Å². The zero-order chi connectivity index (χ0) is 18.6. The van der Waals surface area contributed by atoms with E-state index in [-0.39, 0.29) is 12.1 Å². The molecule has 0 radical (unpaired) electrons. The van der Waals surface area contributed by atoms with Gasteiger partial charge in [0.2, 0.25) is 0 Å². The van der Waals surface area contributed by atoms with Gasteiger partial charge in [0.25, 0.3) is 0 Å². The van der Waals surface area contributed by atoms with E-state index < -0.39 is 0 Å². The van der Waals surface area contributed by atoms with Crippen LogP contribution in [-0.2, 0) is 6.54 Å². The Morgan fingerprint density at radius 1 is 1.19 bits per heavy atom. The smallest absolute Gasteiger partial charge is 0.315 e. The molecule has 27 heavy (non-hydrogen) atoms. The first-order chi connectivity index (χ1) is 13.2. The fourth-order valence-electron chi connectivity index (χ4n) is 3.68. The van der Waals surface area contributed by atoms with Crippen molar-refractivity contribution in [1.29, 1.82) is 0 Å². The summed E-state index contributed by atoms with van der Waals surface area (Å²) < 4.78 is 0. The fourth-order valence-corrected chi connectivity index (χ4v) is 3.68. The second kappa shape index (κ2) is 7.70. The van der Waals surface area contributed by atoms with Crippen LogP contribution in [0.3, 0.4) is 0 Å². The lowest BCUT2D eigenvalue weighted by Crippen LogP contribution is -2.47. The minimum absolute atomic E-state index is 0.100. The molecule has 1 saturated heterocycles. The zero-order valence-electron chi connectivity index (χ0n) is 15.5. The molecule has 0 saturated carbocycles. The van der Waals surface area contributed by atoms with Gasteiger partial charge in [-0.15, -0.1) is 0 Å². The molecule has 140 valence electrons. The molecule has 0 aliphatic carbocycles. The van der Waals surface area contributed by atoms with Crippen LogP contribution < -0.4 is 15.5 Å². The molecule has 6 nitrogen and oxygen atoms in total. The summed E-state index contributed by atoms with van der Waals surface area (Å²) in [6.45, 7) is 4.33. The van der Waals surface area contributed by atoms with Gasteiger partial charge in [0, 0.05) is 37.4 Å². The molecule has 1 aliphatic rings.